The molecule has 0 aromatic heterocycles. The summed E-state index contributed by atoms with van der Waals surface area (Å²) in [5.41, 5.74) is 0.452. The number of carbonyl (C=O) groups is 3. The fraction of sp³-hybridized carbons (Fsp3) is 0.312. The number of hydrogen-bond acceptors (Lipinski definition) is 3. The van der Waals surface area contributed by atoms with Crippen LogP contribution in [0.2, 0.25) is 5.02 Å². The molecule has 0 radical (unpaired) electrons. The lowest BCUT2D eigenvalue weighted by Crippen LogP contribution is -2.36. The highest BCUT2D eigenvalue weighted by atomic mass is 35.5. The first-order valence-corrected chi connectivity index (χ1v) is 7.24. The van der Waals surface area contributed by atoms with Gasteiger partial charge in [-0.2, -0.15) is 0 Å². The van der Waals surface area contributed by atoms with Gasteiger partial charge >= 0.3 is 0 Å². The van der Waals surface area contributed by atoms with E-state index in [0.29, 0.717) is 23.4 Å². The van der Waals surface area contributed by atoms with Gasteiger partial charge in [0.15, 0.2) is 5.78 Å². The molecule has 1 saturated heterocycles. The van der Waals surface area contributed by atoms with Crippen molar-refractivity contribution in [1.82, 2.24) is 4.90 Å². The molecule has 2 amide bonds. The molecule has 2 aliphatic rings. The number of fused-ring (bicyclic) bond motifs is 1. The van der Waals surface area contributed by atoms with Crippen molar-refractivity contribution in [3.05, 3.63) is 47.0 Å². The summed E-state index contributed by atoms with van der Waals surface area (Å²) >= 11 is 5.78. The smallest absolute Gasteiger partial charge is 0.233 e. The number of allylic oxidation sites excluding steroid dienone is 2. The number of imide groups is 1. The van der Waals surface area contributed by atoms with Gasteiger partial charge < -0.3 is 0 Å². The van der Waals surface area contributed by atoms with Crippen molar-refractivity contribution in [2.24, 2.45) is 11.8 Å². The van der Waals surface area contributed by atoms with E-state index in [0.717, 1.165) is 4.90 Å². The average Bonchev–Trinajstić information content (AvgIpc) is 2.73. The first kappa shape index (κ1) is 14.0. The van der Waals surface area contributed by atoms with Crippen molar-refractivity contribution in [2.45, 2.75) is 12.8 Å². The normalized spacial score (nSPS) is 24.3. The maximum Gasteiger partial charge on any atom is 0.233 e. The van der Waals surface area contributed by atoms with Crippen molar-refractivity contribution >= 4 is 29.2 Å². The van der Waals surface area contributed by atoms with Gasteiger partial charge in [-0.1, -0.05) is 23.8 Å². The molecule has 1 aromatic rings. The molecule has 0 N–H and O–H groups in total. The standard InChI is InChI=1S/C16H14ClNO3/c17-11-7-5-10(6-8-11)14(19)9-18-15(20)12-3-1-2-4-13(12)16(18)21/h1-2,5-8,12-13H,3-4,9H2/t12-,13+. The Hall–Kier alpha value is -1.94. The van der Waals surface area contributed by atoms with Crippen molar-refractivity contribution in [3.8, 4) is 0 Å². The SMILES string of the molecule is O=C(CN1C(=O)[C@H]2CC=CC[C@H]2C1=O)c1ccc(Cl)cc1. The summed E-state index contributed by atoms with van der Waals surface area (Å²) in [6, 6.07) is 6.44. The van der Waals surface area contributed by atoms with E-state index in [-0.39, 0.29) is 36.0 Å². The molecule has 1 aromatic carbocycles. The molecule has 2 atom stereocenters. The van der Waals surface area contributed by atoms with Gasteiger partial charge in [0, 0.05) is 10.6 Å². The summed E-state index contributed by atoms with van der Waals surface area (Å²) in [4.78, 5) is 37.9. The number of likely N-dealkylation sites (tertiary alicyclic amines) is 1. The third kappa shape index (κ3) is 2.51. The van der Waals surface area contributed by atoms with Gasteiger partial charge in [-0.15, -0.1) is 0 Å². The minimum absolute atomic E-state index is 0.188. The van der Waals surface area contributed by atoms with Crippen LogP contribution in [0.3, 0.4) is 0 Å². The quantitative estimate of drug-likeness (QED) is 0.490. The molecular formula is C16H14ClNO3. The number of amides is 2. The van der Waals surface area contributed by atoms with Crippen molar-refractivity contribution in [3.63, 3.8) is 0 Å². The molecule has 1 aliphatic carbocycles. The van der Waals surface area contributed by atoms with E-state index in [9.17, 15) is 14.4 Å². The topological polar surface area (TPSA) is 54.5 Å². The van der Waals surface area contributed by atoms with E-state index in [1.807, 2.05) is 12.2 Å². The van der Waals surface area contributed by atoms with Crippen molar-refractivity contribution < 1.29 is 14.4 Å². The van der Waals surface area contributed by atoms with Crippen molar-refractivity contribution in [2.75, 3.05) is 6.54 Å². The zero-order valence-electron chi connectivity index (χ0n) is 11.3. The third-order valence-corrected chi connectivity index (χ3v) is 4.32. The fourth-order valence-corrected chi connectivity index (χ4v) is 3.02. The summed E-state index contributed by atoms with van der Waals surface area (Å²) in [6.45, 7) is -0.188. The minimum atomic E-state index is -0.291. The largest absolute Gasteiger partial charge is 0.292 e. The van der Waals surface area contributed by atoms with Gasteiger partial charge in [0.05, 0.1) is 18.4 Å². The molecule has 1 fully saturated rings. The zero-order chi connectivity index (χ0) is 15.0. The van der Waals surface area contributed by atoms with Crippen LogP contribution in [-0.2, 0) is 9.59 Å². The molecule has 0 spiro atoms. The van der Waals surface area contributed by atoms with E-state index in [4.69, 9.17) is 11.6 Å². The molecule has 21 heavy (non-hydrogen) atoms. The number of rotatable bonds is 3. The summed E-state index contributed by atoms with van der Waals surface area (Å²) in [6.07, 6.45) is 5.02. The van der Waals surface area contributed by atoms with Crippen molar-refractivity contribution in [1.29, 1.82) is 0 Å². The predicted octanol–water partition coefficient (Wildman–Crippen LogP) is 2.47. The summed E-state index contributed by atoms with van der Waals surface area (Å²) in [5, 5.41) is 0.539. The Morgan fingerprint density at radius 3 is 2.10 bits per heavy atom. The lowest BCUT2D eigenvalue weighted by atomic mass is 9.85. The Kier molecular flexibility index (Phi) is 3.64. The van der Waals surface area contributed by atoms with Gasteiger partial charge in [0.1, 0.15) is 0 Å². The number of halogens is 1. The fourth-order valence-electron chi connectivity index (χ4n) is 2.90. The maximum atomic E-state index is 12.3. The first-order valence-electron chi connectivity index (χ1n) is 6.87. The molecule has 5 heteroatoms. The second kappa shape index (κ2) is 5.45. The van der Waals surface area contributed by atoms with Crippen LogP contribution in [0.5, 0.6) is 0 Å². The Morgan fingerprint density at radius 2 is 1.57 bits per heavy atom. The molecule has 108 valence electrons. The highest BCUT2D eigenvalue weighted by Gasteiger charge is 2.47. The Labute approximate surface area is 127 Å². The summed E-state index contributed by atoms with van der Waals surface area (Å²) in [7, 11) is 0. The first-order chi connectivity index (χ1) is 10.1. The van der Waals surface area contributed by atoms with Gasteiger partial charge in [0.2, 0.25) is 11.8 Å². The maximum absolute atomic E-state index is 12.3. The average molecular weight is 304 g/mol. The summed E-state index contributed by atoms with van der Waals surface area (Å²) in [5.74, 6) is -1.28. The van der Waals surface area contributed by atoms with Crippen LogP contribution in [0.1, 0.15) is 23.2 Å². The van der Waals surface area contributed by atoms with Crippen LogP contribution < -0.4 is 0 Å². The Balaban J connectivity index is 1.76. The van der Waals surface area contributed by atoms with Crippen LogP contribution in [0, 0.1) is 11.8 Å². The second-order valence-electron chi connectivity index (χ2n) is 5.35. The molecule has 1 heterocycles. The van der Waals surface area contributed by atoms with E-state index in [2.05, 4.69) is 0 Å². The highest BCUT2D eigenvalue weighted by molar-refractivity contribution is 6.30. The van der Waals surface area contributed by atoms with E-state index < -0.39 is 0 Å². The number of hydrogen-bond donors (Lipinski definition) is 0. The molecule has 0 saturated carbocycles. The van der Waals surface area contributed by atoms with Crippen LogP contribution >= 0.6 is 11.6 Å². The van der Waals surface area contributed by atoms with Crippen LogP contribution in [0.15, 0.2) is 36.4 Å². The van der Waals surface area contributed by atoms with Crippen LogP contribution in [-0.4, -0.2) is 29.0 Å². The molecule has 0 unspecified atom stereocenters. The molecular weight excluding hydrogens is 290 g/mol. The lowest BCUT2D eigenvalue weighted by molar-refractivity contribution is -0.139. The van der Waals surface area contributed by atoms with E-state index in [1.54, 1.807) is 24.3 Å². The number of carbonyl (C=O) groups excluding carboxylic acids is 3. The van der Waals surface area contributed by atoms with Crippen LogP contribution in [0.4, 0.5) is 0 Å². The van der Waals surface area contributed by atoms with Crippen LogP contribution in [0.25, 0.3) is 0 Å². The number of Topliss-reactive ketones (excluding diaryl/α,β-unsaturated/α-hetero) is 1. The highest BCUT2D eigenvalue weighted by Crippen LogP contribution is 2.35. The third-order valence-electron chi connectivity index (χ3n) is 4.07. The molecule has 1 aliphatic heterocycles. The van der Waals surface area contributed by atoms with Gasteiger partial charge in [-0.05, 0) is 37.1 Å². The molecule has 0 bridgehead atoms. The van der Waals surface area contributed by atoms with Gasteiger partial charge in [-0.3, -0.25) is 19.3 Å². The van der Waals surface area contributed by atoms with Gasteiger partial charge in [0.25, 0.3) is 0 Å². The van der Waals surface area contributed by atoms with E-state index in [1.165, 1.54) is 0 Å². The molecule has 4 nitrogen and oxygen atoms in total. The number of ketones is 1. The zero-order valence-corrected chi connectivity index (χ0v) is 12.0. The predicted molar refractivity (Wildman–Crippen MR) is 77.9 cm³/mol. The number of nitrogens with zero attached hydrogens (tertiary/aromatic N) is 1. The summed E-state index contributed by atoms with van der Waals surface area (Å²) < 4.78 is 0. The lowest BCUT2D eigenvalue weighted by Gasteiger charge is -2.14. The Bertz CT molecular complexity index is 609. The van der Waals surface area contributed by atoms with E-state index >= 15 is 0 Å². The minimum Gasteiger partial charge on any atom is -0.292 e. The second-order valence-corrected chi connectivity index (χ2v) is 5.78. The Morgan fingerprint density at radius 1 is 1.05 bits per heavy atom. The number of benzene rings is 1. The molecule has 3 rings (SSSR count). The van der Waals surface area contributed by atoms with Gasteiger partial charge in [-0.25, -0.2) is 0 Å². The monoisotopic (exact) mass is 303 g/mol.